The summed E-state index contributed by atoms with van der Waals surface area (Å²) in [5, 5.41) is 7.60. The van der Waals surface area contributed by atoms with Crippen LogP contribution in [0.1, 0.15) is 39.4 Å². The van der Waals surface area contributed by atoms with Gasteiger partial charge >= 0.3 is 0 Å². The van der Waals surface area contributed by atoms with Gasteiger partial charge in [-0.15, -0.1) is 11.3 Å². The summed E-state index contributed by atoms with van der Waals surface area (Å²) < 4.78 is 5.07. The topological polar surface area (TPSA) is 80.3 Å². The fraction of sp³-hybridized carbons (Fsp3) is 0.150. The molecule has 0 spiro atoms. The van der Waals surface area contributed by atoms with E-state index in [2.05, 4.69) is 15.6 Å². The third-order valence-corrected chi connectivity index (χ3v) is 4.71. The summed E-state index contributed by atoms with van der Waals surface area (Å²) in [6.07, 6.45) is 0. The first-order valence-corrected chi connectivity index (χ1v) is 9.21. The Morgan fingerprint density at radius 3 is 2.41 bits per heavy atom. The van der Waals surface area contributed by atoms with Crippen molar-refractivity contribution < 1.29 is 14.3 Å². The second-order valence-electron chi connectivity index (χ2n) is 5.83. The van der Waals surface area contributed by atoms with Crippen LogP contribution >= 0.6 is 11.3 Å². The van der Waals surface area contributed by atoms with E-state index in [-0.39, 0.29) is 23.6 Å². The Kier molecular flexibility index (Phi) is 5.83. The van der Waals surface area contributed by atoms with Crippen LogP contribution in [0.4, 0.5) is 5.13 Å². The highest BCUT2D eigenvalue weighted by molar-refractivity contribution is 7.14. The van der Waals surface area contributed by atoms with E-state index in [0.717, 1.165) is 5.56 Å². The fourth-order valence-electron chi connectivity index (χ4n) is 2.44. The standard InChI is InChI=1S/C20H19N3O3S/c1-13(14-6-4-3-5-7-14)21-19(25)17-12-27-20(22-17)23-18(24)15-8-10-16(26-2)11-9-15/h3-13H,1-2H3,(H,21,25)(H,22,23,24). The summed E-state index contributed by atoms with van der Waals surface area (Å²) in [5.74, 6) is 0.0939. The van der Waals surface area contributed by atoms with E-state index in [1.165, 1.54) is 11.3 Å². The van der Waals surface area contributed by atoms with Gasteiger partial charge in [0, 0.05) is 10.9 Å². The van der Waals surface area contributed by atoms with Crippen LogP contribution in [0.2, 0.25) is 0 Å². The molecule has 0 radical (unpaired) electrons. The average Bonchev–Trinajstić information content (AvgIpc) is 3.17. The molecule has 0 bridgehead atoms. The highest BCUT2D eigenvalue weighted by atomic mass is 32.1. The number of carbonyl (C=O) groups excluding carboxylic acids is 2. The zero-order valence-electron chi connectivity index (χ0n) is 14.9. The Morgan fingerprint density at radius 2 is 1.74 bits per heavy atom. The number of carbonyl (C=O) groups is 2. The van der Waals surface area contributed by atoms with Crippen LogP contribution in [0.25, 0.3) is 0 Å². The molecular formula is C20H19N3O3S. The van der Waals surface area contributed by atoms with Crippen LogP contribution in [0.15, 0.2) is 60.0 Å². The molecule has 3 aromatic rings. The number of anilines is 1. The second kappa shape index (κ2) is 8.46. The van der Waals surface area contributed by atoms with Crippen molar-refractivity contribution in [3.05, 3.63) is 76.8 Å². The SMILES string of the molecule is COc1ccc(C(=O)Nc2nc(C(=O)NC(C)c3ccccc3)cs2)cc1. The normalized spacial score (nSPS) is 11.5. The van der Waals surface area contributed by atoms with E-state index in [1.807, 2.05) is 37.3 Å². The van der Waals surface area contributed by atoms with Gasteiger partial charge in [0.25, 0.3) is 11.8 Å². The van der Waals surface area contributed by atoms with E-state index in [9.17, 15) is 9.59 Å². The molecule has 1 atom stereocenters. The van der Waals surface area contributed by atoms with Gasteiger partial charge in [-0.3, -0.25) is 14.9 Å². The highest BCUT2D eigenvalue weighted by Gasteiger charge is 2.16. The molecule has 1 unspecified atom stereocenters. The van der Waals surface area contributed by atoms with Crippen LogP contribution in [0.5, 0.6) is 5.75 Å². The number of hydrogen-bond donors (Lipinski definition) is 2. The van der Waals surface area contributed by atoms with E-state index < -0.39 is 0 Å². The number of hydrogen-bond acceptors (Lipinski definition) is 5. The number of amides is 2. The molecule has 7 heteroatoms. The maximum absolute atomic E-state index is 12.4. The molecule has 2 aromatic carbocycles. The molecule has 0 aliphatic heterocycles. The van der Waals surface area contributed by atoms with Crippen LogP contribution in [0, 0.1) is 0 Å². The van der Waals surface area contributed by atoms with Gasteiger partial charge in [0.05, 0.1) is 13.2 Å². The number of ether oxygens (including phenoxy) is 1. The highest BCUT2D eigenvalue weighted by Crippen LogP contribution is 2.19. The molecule has 3 rings (SSSR count). The van der Waals surface area contributed by atoms with Crippen molar-refractivity contribution in [2.24, 2.45) is 0 Å². The number of thiazole rings is 1. The smallest absolute Gasteiger partial charge is 0.271 e. The number of benzene rings is 2. The minimum absolute atomic E-state index is 0.141. The van der Waals surface area contributed by atoms with Gasteiger partial charge in [-0.25, -0.2) is 4.98 Å². The lowest BCUT2D eigenvalue weighted by Gasteiger charge is -2.13. The Hall–Kier alpha value is -3.19. The summed E-state index contributed by atoms with van der Waals surface area (Å²) in [6.45, 7) is 1.91. The lowest BCUT2D eigenvalue weighted by Crippen LogP contribution is -2.26. The van der Waals surface area contributed by atoms with E-state index in [1.54, 1.807) is 36.8 Å². The van der Waals surface area contributed by atoms with Crippen molar-refractivity contribution in [2.75, 3.05) is 12.4 Å². The quantitative estimate of drug-likeness (QED) is 0.679. The molecular weight excluding hydrogens is 362 g/mol. The number of nitrogens with one attached hydrogen (secondary N) is 2. The van der Waals surface area contributed by atoms with Crippen LogP contribution in [-0.2, 0) is 0 Å². The van der Waals surface area contributed by atoms with Crippen LogP contribution in [-0.4, -0.2) is 23.9 Å². The number of nitrogens with zero attached hydrogens (tertiary/aromatic N) is 1. The lowest BCUT2D eigenvalue weighted by atomic mass is 10.1. The summed E-state index contributed by atoms with van der Waals surface area (Å²) >= 11 is 1.20. The van der Waals surface area contributed by atoms with Gasteiger partial charge in [-0.1, -0.05) is 30.3 Å². The first kappa shape index (κ1) is 18.6. The van der Waals surface area contributed by atoms with Gasteiger partial charge in [0.2, 0.25) is 0 Å². The predicted molar refractivity (Wildman–Crippen MR) is 105 cm³/mol. The molecule has 2 N–H and O–H groups in total. The Bertz CT molecular complexity index is 923. The Morgan fingerprint density at radius 1 is 1.04 bits per heavy atom. The summed E-state index contributed by atoms with van der Waals surface area (Å²) in [4.78, 5) is 28.9. The predicted octanol–water partition coefficient (Wildman–Crippen LogP) is 3.90. The van der Waals surface area contributed by atoms with Crippen molar-refractivity contribution in [3.63, 3.8) is 0 Å². The van der Waals surface area contributed by atoms with E-state index in [0.29, 0.717) is 16.4 Å². The zero-order valence-corrected chi connectivity index (χ0v) is 15.7. The van der Waals surface area contributed by atoms with Crippen LogP contribution in [0.3, 0.4) is 0 Å². The summed E-state index contributed by atoms with van der Waals surface area (Å²) in [6, 6.07) is 16.3. The molecule has 1 heterocycles. The molecule has 27 heavy (non-hydrogen) atoms. The second-order valence-corrected chi connectivity index (χ2v) is 6.68. The van der Waals surface area contributed by atoms with Crippen molar-refractivity contribution >= 4 is 28.3 Å². The minimum Gasteiger partial charge on any atom is -0.497 e. The molecule has 0 fully saturated rings. The van der Waals surface area contributed by atoms with E-state index in [4.69, 9.17) is 4.74 Å². The molecule has 2 amide bonds. The van der Waals surface area contributed by atoms with Gasteiger partial charge in [0.1, 0.15) is 11.4 Å². The minimum atomic E-state index is -0.295. The maximum atomic E-state index is 12.4. The average molecular weight is 381 g/mol. The van der Waals surface area contributed by atoms with Gasteiger partial charge in [-0.05, 0) is 36.8 Å². The first-order valence-electron chi connectivity index (χ1n) is 8.33. The summed E-state index contributed by atoms with van der Waals surface area (Å²) in [5.41, 5.74) is 1.76. The lowest BCUT2D eigenvalue weighted by molar-refractivity contribution is 0.0934. The number of aromatic nitrogens is 1. The number of methoxy groups -OCH3 is 1. The third-order valence-electron chi connectivity index (χ3n) is 3.96. The Balaban J connectivity index is 1.61. The molecule has 0 saturated carbocycles. The fourth-order valence-corrected chi connectivity index (χ4v) is 3.13. The molecule has 0 aliphatic carbocycles. The largest absolute Gasteiger partial charge is 0.497 e. The maximum Gasteiger partial charge on any atom is 0.271 e. The van der Waals surface area contributed by atoms with Gasteiger partial charge < -0.3 is 10.1 Å². The zero-order chi connectivity index (χ0) is 19.2. The van der Waals surface area contributed by atoms with Crippen LogP contribution < -0.4 is 15.4 Å². The van der Waals surface area contributed by atoms with Gasteiger partial charge in [0.15, 0.2) is 5.13 Å². The third kappa shape index (κ3) is 4.71. The van der Waals surface area contributed by atoms with E-state index >= 15 is 0 Å². The molecule has 1 aromatic heterocycles. The van der Waals surface area contributed by atoms with Crippen molar-refractivity contribution in [3.8, 4) is 5.75 Å². The molecule has 0 saturated heterocycles. The van der Waals surface area contributed by atoms with Crippen molar-refractivity contribution in [1.82, 2.24) is 10.3 Å². The monoisotopic (exact) mass is 381 g/mol. The van der Waals surface area contributed by atoms with Gasteiger partial charge in [-0.2, -0.15) is 0 Å². The Labute approximate surface area is 161 Å². The molecule has 0 aliphatic rings. The number of rotatable bonds is 6. The summed E-state index contributed by atoms with van der Waals surface area (Å²) in [7, 11) is 1.57. The van der Waals surface area contributed by atoms with Crippen molar-refractivity contribution in [2.45, 2.75) is 13.0 Å². The molecule has 6 nitrogen and oxygen atoms in total. The first-order chi connectivity index (χ1) is 13.1. The molecule has 138 valence electrons. The van der Waals surface area contributed by atoms with Crippen molar-refractivity contribution in [1.29, 1.82) is 0 Å².